The Morgan fingerprint density at radius 3 is 3.00 bits per heavy atom. The summed E-state index contributed by atoms with van der Waals surface area (Å²) in [6.07, 6.45) is 4.95. The fraction of sp³-hybridized carbons (Fsp3) is 0.643. The molecule has 1 aromatic heterocycles. The minimum absolute atomic E-state index is 0.0890. The van der Waals surface area contributed by atoms with E-state index in [1.54, 1.807) is 5.38 Å². The molecule has 0 spiro atoms. The van der Waals surface area contributed by atoms with Crippen LogP contribution in [-0.4, -0.2) is 33.4 Å². The zero-order chi connectivity index (χ0) is 14.5. The average Bonchev–Trinajstić information content (AvgIpc) is 2.81. The number of carboxylic acid groups (broad SMARTS) is 1. The van der Waals surface area contributed by atoms with Crippen molar-refractivity contribution in [3.8, 4) is 0 Å². The zero-order valence-corrected chi connectivity index (χ0v) is 12.5. The Morgan fingerprint density at radius 2 is 2.35 bits per heavy atom. The summed E-state index contributed by atoms with van der Waals surface area (Å²) < 4.78 is 0. The molecule has 1 atom stereocenters. The number of carbonyl (C=O) groups excluding carboxylic acids is 1. The van der Waals surface area contributed by atoms with Crippen LogP contribution >= 0.6 is 11.3 Å². The lowest BCUT2D eigenvalue weighted by molar-refractivity contribution is -0.131. The van der Waals surface area contributed by atoms with E-state index < -0.39 is 5.97 Å². The number of thiazole rings is 1. The van der Waals surface area contributed by atoms with Crippen molar-refractivity contribution in [1.29, 1.82) is 0 Å². The molecule has 5 nitrogen and oxygen atoms in total. The quantitative estimate of drug-likeness (QED) is 0.907. The molecule has 0 radical (unpaired) electrons. The molecule has 20 heavy (non-hydrogen) atoms. The molecule has 0 bridgehead atoms. The van der Waals surface area contributed by atoms with Crippen LogP contribution in [0.4, 0.5) is 0 Å². The van der Waals surface area contributed by atoms with E-state index in [2.05, 4.69) is 11.9 Å². The van der Waals surface area contributed by atoms with Gasteiger partial charge in [0.15, 0.2) is 0 Å². The predicted molar refractivity (Wildman–Crippen MR) is 76.7 cm³/mol. The monoisotopic (exact) mass is 296 g/mol. The topological polar surface area (TPSA) is 70.5 Å². The Bertz CT molecular complexity index is 487. The molecule has 6 heteroatoms. The van der Waals surface area contributed by atoms with Crippen LogP contribution in [0.5, 0.6) is 0 Å². The first-order valence-corrected chi connectivity index (χ1v) is 7.93. The summed E-state index contributed by atoms with van der Waals surface area (Å²) in [5, 5.41) is 10.7. The van der Waals surface area contributed by atoms with Crippen LogP contribution < -0.4 is 0 Å². The van der Waals surface area contributed by atoms with Gasteiger partial charge in [-0.1, -0.05) is 19.8 Å². The molecule has 1 saturated heterocycles. The highest BCUT2D eigenvalue weighted by Crippen LogP contribution is 2.24. The summed E-state index contributed by atoms with van der Waals surface area (Å²) in [5.74, 6) is -0.209. The highest BCUT2D eigenvalue weighted by Gasteiger charge is 2.23. The van der Waals surface area contributed by atoms with Gasteiger partial charge in [-0.2, -0.15) is 0 Å². The second-order valence-corrected chi connectivity index (χ2v) is 6.10. The molecule has 1 amide bonds. The Balaban J connectivity index is 1.97. The molecule has 0 aliphatic carbocycles. The van der Waals surface area contributed by atoms with Crippen molar-refractivity contribution < 1.29 is 14.7 Å². The fourth-order valence-corrected chi connectivity index (χ4v) is 3.28. The van der Waals surface area contributed by atoms with Crippen molar-refractivity contribution in [2.24, 2.45) is 5.92 Å². The molecule has 1 aliphatic heterocycles. The van der Waals surface area contributed by atoms with Crippen LogP contribution in [0.2, 0.25) is 0 Å². The summed E-state index contributed by atoms with van der Waals surface area (Å²) in [5.41, 5.74) is 0.676. The number of hydrogen-bond acceptors (Lipinski definition) is 4. The molecule has 1 fully saturated rings. The van der Waals surface area contributed by atoms with Gasteiger partial charge < -0.3 is 10.0 Å². The third-order valence-electron chi connectivity index (χ3n) is 3.71. The van der Waals surface area contributed by atoms with Gasteiger partial charge in [0.2, 0.25) is 10.9 Å². The maximum Gasteiger partial charge on any atom is 0.365 e. The van der Waals surface area contributed by atoms with Gasteiger partial charge in [-0.25, -0.2) is 9.78 Å². The lowest BCUT2D eigenvalue weighted by Crippen LogP contribution is -2.30. The molecular formula is C14H20N2O3S. The number of aromatic carboxylic acids is 1. The number of rotatable bonds is 5. The van der Waals surface area contributed by atoms with Gasteiger partial charge in [0.25, 0.3) is 0 Å². The van der Waals surface area contributed by atoms with Crippen molar-refractivity contribution in [3.63, 3.8) is 0 Å². The summed E-state index contributed by atoms with van der Waals surface area (Å²) in [7, 11) is 0. The summed E-state index contributed by atoms with van der Waals surface area (Å²) in [6.45, 7) is 3.36. The average molecular weight is 296 g/mol. The van der Waals surface area contributed by atoms with Crippen molar-refractivity contribution in [1.82, 2.24) is 9.88 Å². The van der Waals surface area contributed by atoms with Crippen LogP contribution in [0.3, 0.4) is 0 Å². The molecule has 2 rings (SSSR count). The number of likely N-dealkylation sites (tertiary alicyclic amines) is 1. The van der Waals surface area contributed by atoms with E-state index in [-0.39, 0.29) is 10.9 Å². The summed E-state index contributed by atoms with van der Waals surface area (Å²) >= 11 is 1.11. The third-order valence-corrected chi connectivity index (χ3v) is 4.59. The Hall–Kier alpha value is -1.43. The Kier molecular flexibility index (Phi) is 5.11. The predicted octanol–water partition coefficient (Wildman–Crippen LogP) is 2.77. The van der Waals surface area contributed by atoms with Crippen LogP contribution in [0.25, 0.3) is 0 Å². The molecular weight excluding hydrogens is 276 g/mol. The van der Waals surface area contributed by atoms with Crippen LogP contribution in [0.15, 0.2) is 5.38 Å². The van der Waals surface area contributed by atoms with Gasteiger partial charge in [0.05, 0.1) is 12.2 Å². The van der Waals surface area contributed by atoms with Crippen LogP contribution in [-0.2, 0) is 11.3 Å². The smallest absolute Gasteiger partial charge is 0.365 e. The number of nitrogens with zero attached hydrogens (tertiary/aromatic N) is 2. The maximum atomic E-state index is 12.1. The van der Waals surface area contributed by atoms with Gasteiger partial charge in [-0.15, -0.1) is 11.3 Å². The van der Waals surface area contributed by atoms with Crippen molar-refractivity contribution in [2.75, 3.05) is 6.54 Å². The molecule has 1 aromatic rings. The summed E-state index contributed by atoms with van der Waals surface area (Å²) in [6, 6.07) is 0. The number of carbonyl (C=O) groups is 2. The van der Waals surface area contributed by atoms with E-state index in [0.29, 0.717) is 24.6 Å². The number of hydrogen-bond donors (Lipinski definition) is 1. The normalized spacial score (nSPS) is 19.9. The van der Waals surface area contributed by atoms with E-state index >= 15 is 0 Å². The van der Waals surface area contributed by atoms with Crippen molar-refractivity contribution in [2.45, 2.75) is 45.6 Å². The minimum atomic E-state index is -1.01. The first kappa shape index (κ1) is 15.0. The highest BCUT2D eigenvalue weighted by atomic mass is 32.1. The molecule has 0 saturated carbocycles. The van der Waals surface area contributed by atoms with Gasteiger partial charge in [-0.05, 0) is 18.8 Å². The van der Waals surface area contributed by atoms with Gasteiger partial charge in [0, 0.05) is 18.3 Å². The van der Waals surface area contributed by atoms with E-state index in [1.807, 2.05) is 4.90 Å². The number of amides is 1. The second-order valence-electron chi connectivity index (χ2n) is 5.25. The Morgan fingerprint density at radius 1 is 1.55 bits per heavy atom. The highest BCUT2D eigenvalue weighted by molar-refractivity contribution is 7.11. The SMILES string of the molecule is CCCC1CCC(=O)N(Cc2csc(C(=O)O)n2)CC1. The number of aromatic nitrogens is 1. The zero-order valence-electron chi connectivity index (χ0n) is 11.7. The standard InChI is InChI=1S/C14H20N2O3S/c1-2-3-10-4-5-12(17)16(7-6-10)8-11-9-20-13(15-11)14(18)19/h9-10H,2-8H2,1H3,(H,18,19). The largest absolute Gasteiger partial charge is 0.476 e. The molecule has 1 unspecified atom stereocenters. The fourth-order valence-electron chi connectivity index (χ4n) is 2.63. The van der Waals surface area contributed by atoms with E-state index in [9.17, 15) is 9.59 Å². The summed E-state index contributed by atoms with van der Waals surface area (Å²) in [4.78, 5) is 28.8. The van der Waals surface area contributed by atoms with Gasteiger partial charge >= 0.3 is 5.97 Å². The first-order valence-electron chi connectivity index (χ1n) is 7.05. The van der Waals surface area contributed by atoms with Crippen molar-refractivity contribution >= 4 is 23.2 Å². The van der Waals surface area contributed by atoms with Crippen LogP contribution in [0, 0.1) is 5.92 Å². The number of carboxylic acids is 1. The molecule has 1 N–H and O–H groups in total. The molecule has 1 aliphatic rings. The molecule has 2 heterocycles. The lowest BCUT2D eigenvalue weighted by atomic mass is 9.96. The second kappa shape index (κ2) is 6.83. The third kappa shape index (κ3) is 3.79. The maximum absolute atomic E-state index is 12.1. The molecule has 0 aromatic carbocycles. The van der Waals surface area contributed by atoms with Crippen LogP contribution in [0.1, 0.15) is 54.5 Å². The van der Waals surface area contributed by atoms with Gasteiger partial charge in [-0.3, -0.25) is 4.79 Å². The van der Waals surface area contributed by atoms with Gasteiger partial charge in [0.1, 0.15) is 0 Å². The van der Waals surface area contributed by atoms with E-state index in [4.69, 9.17) is 5.11 Å². The minimum Gasteiger partial charge on any atom is -0.476 e. The molecule has 110 valence electrons. The first-order chi connectivity index (χ1) is 9.60. The van der Waals surface area contributed by atoms with E-state index in [0.717, 1.165) is 37.1 Å². The lowest BCUT2D eigenvalue weighted by Gasteiger charge is -2.19. The Labute approximate surface area is 122 Å². The van der Waals surface area contributed by atoms with Crippen molar-refractivity contribution in [3.05, 3.63) is 16.1 Å². The van der Waals surface area contributed by atoms with E-state index in [1.165, 1.54) is 6.42 Å².